The number of epoxide rings is 1. The molecule has 1 aliphatic rings. The van der Waals surface area contributed by atoms with Gasteiger partial charge in [-0.3, -0.25) is 0 Å². The number of nitrogens with zero attached hydrogens (tertiary/aromatic N) is 1. The maximum Gasteiger partial charge on any atom is 0.0863 e. The molecule has 0 spiro atoms. The second-order valence-corrected chi connectivity index (χ2v) is 3.76. The number of rotatable bonds is 3. The number of ether oxygens (including phenoxy) is 1. The maximum atomic E-state index is 5.09. The number of hydrogen-bond acceptors (Lipinski definition) is 1. The van der Waals surface area contributed by atoms with Gasteiger partial charge < -0.3 is 9.22 Å². The predicted molar refractivity (Wildman–Crippen MR) is 37.3 cm³/mol. The molecule has 0 radical (unpaired) electrons. The molecule has 1 heterocycles. The lowest BCUT2D eigenvalue weighted by Gasteiger charge is -2.23. The van der Waals surface area contributed by atoms with Crippen LogP contribution in [0.15, 0.2) is 0 Å². The van der Waals surface area contributed by atoms with Gasteiger partial charge in [-0.15, -0.1) is 0 Å². The van der Waals surface area contributed by atoms with Gasteiger partial charge in [-0.05, 0) is 0 Å². The number of hydrogen-bond donors (Lipinski definition) is 0. The summed E-state index contributed by atoms with van der Waals surface area (Å²) in [5, 5.41) is 0. The van der Waals surface area contributed by atoms with Crippen molar-refractivity contribution in [2.45, 2.75) is 12.5 Å². The molecule has 1 rings (SSSR count). The van der Waals surface area contributed by atoms with Gasteiger partial charge in [0, 0.05) is 6.42 Å². The van der Waals surface area contributed by atoms with E-state index in [1.165, 1.54) is 13.0 Å². The molecule has 0 aromatic carbocycles. The minimum atomic E-state index is 0.599. The first-order valence-corrected chi connectivity index (χ1v) is 3.50. The Hall–Kier alpha value is -0.0800. The van der Waals surface area contributed by atoms with Gasteiger partial charge >= 0.3 is 0 Å². The SMILES string of the molecule is C[N+](C)(C)CCC1CO1. The highest BCUT2D eigenvalue weighted by atomic mass is 16.6. The smallest absolute Gasteiger partial charge is 0.0863 e. The van der Waals surface area contributed by atoms with E-state index >= 15 is 0 Å². The molecule has 1 fully saturated rings. The van der Waals surface area contributed by atoms with Crippen molar-refractivity contribution in [3.05, 3.63) is 0 Å². The van der Waals surface area contributed by atoms with E-state index in [0.29, 0.717) is 6.10 Å². The van der Waals surface area contributed by atoms with Gasteiger partial charge in [-0.25, -0.2) is 0 Å². The van der Waals surface area contributed by atoms with Gasteiger partial charge in [0.2, 0.25) is 0 Å². The minimum Gasteiger partial charge on any atom is -0.373 e. The van der Waals surface area contributed by atoms with Crippen LogP contribution in [-0.2, 0) is 4.74 Å². The van der Waals surface area contributed by atoms with Crippen LogP contribution < -0.4 is 0 Å². The summed E-state index contributed by atoms with van der Waals surface area (Å²) in [5.41, 5.74) is 0. The molecule has 0 bridgehead atoms. The Balaban J connectivity index is 2.03. The van der Waals surface area contributed by atoms with Crippen molar-refractivity contribution < 1.29 is 9.22 Å². The van der Waals surface area contributed by atoms with Gasteiger partial charge in [0.05, 0.1) is 40.4 Å². The molecule has 54 valence electrons. The fraction of sp³-hybridized carbons (Fsp3) is 1.00. The average molecular weight is 130 g/mol. The molecule has 0 aromatic heterocycles. The van der Waals surface area contributed by atoms with Crippen molar-refractivity contribution in [1.29, 1.82) is 0 Å². The topological polar surface area (TPSA) is 12.5 Å². The maximum absolute atomic E-state index is 5.09. The summed E-state index contributed by atoms with van der Waals surface area (Å²) in [4.78, 5) is 0. The second kappa shape index (κ2) is 2.27. The zero-order valence-electron chi connectivity index (χ0n) is 6.55. The van der Waals surface area contributed by atoms with Gasteiger partial charge in [0.15, 0.2) is 0 Å². The first-order valence-electron chi connectivity index (χ1n) is 3.50. The van der Waals surface area contributed by atoms with Crippen molar-refractivity contribution in [2.24, 2.45) is 0 Å². The molecule has 2 nitrogen and oxygen atoms in total. The van der Waals surface area contributed by atoms with E-state index in [1.807, 2.05) is 0 Å². The van der Waals surface area contributed by atoms with Gasteiger partial charge in [0.1, 0.15) is 0 Å². The zero-order chi connectivity index (χ0) is 6.91. The van der Waals surface area contributed by atoms with E-state index in [-0.39, 0.29) is 0 Å². The normalized spacial score (nSPS) is 26.3. The van der Waals surface area contributed by atoms with Crippen LogP contribution in [0.25, 0.3) is 0 Å². The Kier molecular flexibility index (Phi) is 1.78. The Morgan fingerprint density at radius 1 is 1.44 bits per heavy atom. The van der Waals surface area contributed by atoms with E-state index < -0.39 is 0 Å². The van der Waals surface area contributed by atoms with Crippen LogP contribution >= 0.6 is 0 Å². The summed E-state index contributed by atoms with van der Waals surface area (Å²) >= 11 is 0. The molecule has 1 saturated heterocycles. The Morgan fingerprint density at radius 3 is 2.33 bits per heavy atom. The fourth-order valence-electron chi connectivity index (χ4n) is 0.766. The first kappa shape index (κ1) is 7.03. The Bertz CT molecular complexity index is 91.6. The van der Waals surface area contributed by atoms with Crippen LogP contribution in [0.2, 0.25) is 0 Å². The molecule has 1 atom stereocenters. The van der Waals surface area contributed by atoms with Crippen molar-refractivity contribution in [2.75, 3.05) is 34.3 Å². The summed E-state index contributed by atoms with van der Waals surface area (Å²) in [7, 11) is 6.63. The van der Waals surface area contributed by atoms with E-state index in [4.69, 9.17) is 4.74 Å². The Morgan fingerprint density at radius 2 is 2.00 bits per heavy atom. The lowest BCUT2D eigenvalue weighted by atomic mass is 10.3. The van der Waals surface area contributed by atoms with Crippen LogP contribution in [-0.4, -0.2) is 44.9 Å². The fourth-order valence-corrected chi connectivity index (χ4v) is 0.766. The van der Waals surface area contributed by atoms with Gasteiger partial charge in [-0.1, -0.05) is 0 Å². The first-order chi connectivity index (χ1) is 4.08. The summed E-state index contributed by atoms with van der Waals surface area (Å²) < 4.78 is 6.15. The van der Waals surface area contributed by atoms with Gasteiger partial charge in [0.25, 0.3) is 0 Å². The van der Waals surface area contributed by atoms with Crippen molar-refractivity contribution in [3.63, 3.8) is 0 Å². The molecular weight excluding hydrogens is 114 g/mol. The molecule has 1 unspecified atom stereocenters. The largest absolute Gasteiger partial charge is 0.373 e. The standard InChI is InChI=1S/C7H16NO/c1-8(2,3)5-4-7-6-9-7/h7H,4-6H2,1-3H3/q+1. The van der Waals surface area contributed by atoms with E-state index in [1.54, 1.807) is 0 Å². The number of quaternary nitrogens is 1. The summed E-state index contributed by atoms with van der Waals surface area (Å²) in [6, 6.07) is 0. The third-order valence-electron chi connectivity index (χ3n) is 1.52. The van der Waals surface area contributed by atoms with Crippen LogP contribution in [0.1, 0.15) is 6.42 Å². The molecule has 0 amide bonds. The lowest BCUT2D eigenvalue weighted by molar-refractivity contribution is -0.870. The molecule has 0 N–H and O–H groups in total. The summed E-state index contributed by atoms with van der Waals surface area (Å²) in [6.07, 6.45) is 1.83. The Labute approximate surface area is 57.0 Å². The molecular formula is C7H16NO+. The van der Waals surface area contributed by atoms with E-state index in [9.17, 15) is 0 Å². The minimum absolute atomic E-state index is 0.599. The average Bonchev–Trinajstić information content (AvgIpc) is 2.38. The highest BCUT2D eigenvalue weighted by Crippen LogP contribution is 2.14. The molecule has 0 saturated carbocycles. The van der Waals surface area contributed by atoms with E-state index in [0.717, 1.165) is 11.1 Å². The third-order valence-corrected chi connectivity index (χ3v) is 1.52. The lowest BCUT2D eigenvalue weighted by Crippen LogP contribution is -2.35. The van der Waals surface area contributed by atoms with E-state index in [2.05, 4.69) is 21.1 Å². The molecule has 0 aromatic rings. The van der Waals surface area contributed by atoms with Crippen molar-refractivity contribution >= 4 is 0 Å². The van der Waals surface area contributed by atoms with Crippen LogP contribution in [0.3, 0.4) is 0 Å². The van der Waals surface area contributed by atoms with Crippen LogP contribution in [0.4, 0.5) is 0 Å². The van der Waals surface area contributed by atoms with Gasteiger partial charge in [-0.2, -0.15) is 0 Å². The molecule has 1 aliphatic heterocycles. The molecule has 2 heteroatoms. The monoisotopic (exact) mass is 130 g/mol. The second-order valence-electron chi connectivity index (χ2n) is 3.76. The highest BCUT2D eigenvalue weighted by molar-refractivity contribution is 4.67. The quantitative estimate of drug-likeness (QED) is 0.400. The summed E-state index contributed by atoms with van der Waals surface area (Å²) in [5.74, 6) is 0. The van der Waals surface area contributed by atoms with Crippen molar-refractivity contribution in [1.82, 2.24) is 0 Å². The van der Waals surface area contributed by atoms with Crippen LogP contribution in [0, 0.1) is 0 Å². The summed E-state index contributed by atoms with van der Waals surface area (Å²) in [6.45, 7) is 2.23. The predicted octanol–water partition coefficient (Wildman–Crippen LogP) is 0.481. The third kappa shape index (κ3) is 3.49. The van der Waals surface area contributed by atoms with Crippen LogP contribution in [0.5, 0.6) is 0 Å². The molecule has 0 aliphatic carbocycles. The molecule has 9 heavy (non-hydrogen) atoms. The zero-order valence-corrected chi connectivity index (χ0v) is 6.55. The highest BCUT2D eigenvalue weighted by Gasteiger charge is 2.24. The van der Waals surface area contributed by atoms with Crippen molar-refractivity contribution in [3.8, 4) is 0 Å².